The molecule has 0 aromatic heterocycles. The highest BCUT2D eigenvalue weighted by Crippen LogP contribution is 2.20. The van der Waals surface area contributed by atoms with Crippen molar-refractivity contribution in [3.63, 3.8) is 0 Å². The average molecular weight is 271 g/mol. The monoisotopic (exact) mass is 270 g/mol. The van der Waals surface area contributed by atoms with Crippen LogP contribution in [0.3, 0.4) is 0 Å². The lowest BCUT2D eigenvalue weighted by Gasteiger charge is -2.19. The summed E-state index contributed by atoms with van der Waals surface area (Å²) in [5.41, 5.74) is 7.91. The van der Waals surface area contributed by atoms with Crippen LogP contribution in [0.4, 0.5) is 5.69 Å². The van der Waals surface area contributed by atoms with Gasteiger partial charge in [0.05, 0.1) is 0 Å². The second-order valence-corrected chi connectivity index (χ2v) is 5.30. The van der Waals surface area contributed by atoms with E-state index in [2.05, 4.69) is 47.8 Å². The zero-order valence-electron chi connectivity index (χ0n) is 9.63. The number of benzene rings is 1. The number of nitrogens with two attached hydrogens (primary N) is 1. The number of hydrogen-bond donors (Lipinski definition) is 1. The number of nitrogen functional groups attached to an aromatic ring is 1. The molecule has 0 radical (unpaired) electrons. The summed E-state index contributed by atoms with van der Waals surface area (Å²) in [6, 6.07) is 6.14. The third-order valence-corrected chi connectivity index (χ3v) is 2.91. The number of nitrogens with zero attached hydrogens (tertiary/aromatic N) is 1. The molecule has 0 unspecified atom stereocenters. The summed E-state index contributed by atoms with van der Waals surface area (Å²) in [6.45, 7) is 6.52. The molecular formula is C12H19BrN2. The first-order chi connectivity index (χ1) is 6.99. The van der Waals surface area contributed by atoms with Gasteiger partial charge in [-0.15, -0.1) is 0 Å². The van der Waals surface area contributed by atoms with Crippen molar-refractivity contribution in [2.75, 3.05) is 19.3 Å². The van der Waals surface area contributed by atoms with E-state index in [1.807, 2.05) is 12.1 Å². The quantitative estimate of drug-likeness (QED) is 0.852. The van der Waals surface area contributed by atoms with E-state index in [1.54, 1.807) is 0 Å². The summed E-state index contributed by atoms with van der Waals surface area (Å²) < 4.78 is 0.970. The van der Waals surface area contributed by atoms with Gasteiger partial charge in [0.15, 0.2) is 0 Å². The lowest BCUT2D eigenvalue weighted by molar-refractivity contribution is 0.288. The van der Waals surface area contributed by atoms with Gasteiger partial charge in [-0.05, 0) is 46.6 Å². The minimum atomic E-state index is 0.697. The van der Waals surface area contributed by atoms with Crippen LogP contribution in [-0.2, 0) is 6.54 Å². The Morgan fingerprint density at radius 2 is 2.07 bits per heavy atom. The van der Waals surface area contributed by atoms with Crippen molar-refractivity contribution in [2.45, 2.75) is 20.4 Å². The van der Waals surface area contributed by atoms with Crippen molar-refractivity contribution in [3.05, 3.63) is 28.2 Å². The van der Waals surface area contributed by atoms with Crippen LogP contribution in [0, 0.1) is 5.92 Å². The maximum Gasteiger partial charge on any atom is 0.0461 e. The van der Waals surface area contributed by atoms with Crippen molar-refractivity contribution >= 4 is 21.6 Å². The highest BCUT2D eigenvalue weighted by Gasteiger charge is 2.04. The standard InChI is InChI=1S/C12H19BrN2/c1-9(2)7-15(3)8-10-4-5-11(13)12(14)6-10/h4-6,9H,7-8,14H2,1-3H3. The van der Waals surface area contributed by atoms with Crippen LogP contribution in [0.25, 0.3) is 0 Å². The number of rotatable bonds is 4. The predicted octanol–water partition coefficient (Wildman–Crippen LogP) is 3.12. The second-order valence-electron chi connectivity index (χ2n) is 4.45. The Morgan fingerprint density at radius 3 is 2.60 bits per heavy atom. The van der Waals surface area contributed by atoms with Gasteiger partial charge >= 0.3 is 0 Å². The first-order valence-electron chi connectivity index (χ1n) is 5.21. The molecule has 0 spiro atoms. The van der Waals surface area contributed by atoms with E-state index in [-0.39, 0.29) is 0 Å². The Kier molecular flexibility index (Phi) is 4.61. The number of hydrogen-bond acceptors (Lipinski definition) is 2. The normalized spacial score (nSPS) is 11.3. The molecule has 2 N–H and O–H groups in total. The van der Waals surface area contributed by atoms with Crippen molar-refractivity contribution in [1.82, 2.24) is 4.90 Å². The molecule has 2 nitrogen and oxygen atoms in total. The van der Waals surface area contributed by atoms with Crippen LogP contribution in [0.15, 0.2) is 22.7 Å². The zero-order chi connectivity index (χ0) is 11.4. The smallest absolute Gasteiger partial charge is 0.0461 e. The minimum Gasteiger partial charge on any atom is -0.398 e. The van der Waals surface area contributed by atoms with Crippen LogP contribution in [0.2, 0.25) is 0 Å². The zero-order valence-corrected chi connectivity index (χ0v) is 11.2. The van der Waals surface area contributed by atoms with Gasteiger partial charge in [-0.3, -0.25) is 0 Å². The summed E-state index contributed by atoms with van der Waals surface area (Å²) in [6.07, 6.45) is 0. The highest BCUT2D eigenvalue weighted by molar-refractivity contribution is 9.10. The molecule has 1 aromatic carbocycles. The van der Waals surface area contributed by atoms with E-state index in [9.17, 15) is 0 Å². The molecule has 0 heterocycles. The Balaban J connectivity index is 2.60. The molecular weight excluding hydrogens is 252 g/mol. The van der Waals surface area contributed by atoms with Gasteiger partial charge in [0.2, 0.25) is 0 Å². The molecule has 0 saturated carbocycles. The van der Waals surface area contributed by atoms with E-state index in [0.717, 1.165) is 23.2 Å². The van der Waals surface area contributed by atoms with Crippen molar-refractivity contribution in [3.8, 4) is 0 Å². The summed E-state index contributed by atoms with van der Waals surface area (Å²) in [4.78, 5) is 2.31. The first kappa shape index (κ1) is 12.5. The average Bonchev–Trinajstić information content (AvgIpc) is 2.10. The van der Waals surface area contributed by atoms with Crippen LogP contribution >= 0.6 is 15.9 Å². The molecule has 0 bridgehead atoms. The topological polar surface area (TPSA) is 29.3 Å². The maximum atomic E-state index is 5.83. The van der Waals surface area contributed by atoms with Crippen LogP contribution in [0.5, 0.6) is 0 Å². The lowest BCUT2D eigenvalue weighted by atomic mass is 10.1. The Hall–Kier alpha value is -0.540. The van der Waals surface area contributed by atoms with Gasteiger partial charge in [-0.1, -0.05) is 19.9 Å². The summed E-state index contributed by atoms with van der Waals surface area (Å²) >= 11 is 3.40. The van der Waals surface area contributed by atoms with Gasteiger partial charge in [-0.2, -0.15) is 0 Å². The Morgan fingerprint density at radius 1 is 1.40 bits per heavy atom. The van der Waals surface area contributed by atoms with E-state index in [4.69, 9.17) is 5.73 Å². The third kappa shape index (κ3) is 4.22. The fourth-order valence-corrected chi connectivity index (χ4v) is 1.94. The van der Waals surface area contributed by atoms with Gasteiger partial charge in [-0.25, -0.2) is 0 Å². The molecule has 0 aliphatic rings. The summed E-state index contributed by atoms with van der Waals surface area (Å²) in [5.74, 6) is 0.697. The van der Waals surface area contributed by atoms with Gasteiger partial charge in [0, 0.05) is 23.2 Å². The number of anilines is 1. The molecule has 0 fully saturated rings. The molecule has 0 aliphatic heterocycles. The molecule has 0 amide bonds. The lowest BCUT2D eigenvalue weighted by Crippen LogP contribution is -2.22. The molecule has 1 aromatic rings. The molecule has 1 rings (SSSR count). The Labute approximate surface area is 101 Å². The largest absolute Gasteiger partial charge is 0.398 e. The molecule has 0 atom stereocenters. The molecule has 15 heavy (non-hydrogen) atoms. The first-order valence-corrected chi connectivity index (χ1v) is 6.00. The summed E-state index contributed by atoms with van der Waals surface area (Å²) in [7, 11) is 2.14. The summed E-state index contributed by atoms with van der Waals surface area (Å²) in [5, 5.41) is 0. The van der Waals surface area contributed by atoms with E-state index in [1.165, 1.54) is 5.56 Å². The van der Waals surface area contributed by atoms with Gasteiger partial charge < -0.3 is 10.6 Å². The van der Waals surface area contributed by atoms with E-state index < -0.39 is 0 Å². The predicted molar refractivity (Wildman–Crippen MR) is 69.7 cm³/mol. The maximum absolute atomic E-state index is 5.83. The second kappa shape index (κ2) is 5.52. The highest BCUT2D eigenvalue weighted by atomic mass is 79.9. The fourth-order valence-electron chi connectivity index (χ4n) is 1.69. The van der Waals surface area contributed by atoms with Crippen LogP contribution in [0.1, 0.15) is 19.4 Å². The van der Waals surface area contributed by atoms with Crippen molar-refractivity contribution < 1.29 is 0 Å². The fraction of sp³-hybridized carbons (Fsp3) is 0.500. The SMILES string of the molecule is CC(C)CN(C)Cc1ccc(Br)c(N)c1. The van der Waals surface area contributed by atoms with Crippen LogP contribution in [-0.4, -0.2) is 18.5 Å². The molecule has 3 heteroatoms. The van der Waals surface area contributed by atoms with Gasteiger partial charge in [0.1, 0.15) is 0 Å². The van der Waals surface area contributed by atoms with Crippen molar-refractivity contribution in [1.29, 1.82) is 0 Å². The third-order valence-electron chi connectivity index (χ3n) is 2.19. The van der Waals surface area contributed by atoms with E-state index in [0.29, 0.717) is 5.92 Å². The minimum absolute atomic E-state index is 0.697. The number of halogens is 1. The molecule has 0 saturated heterocycles. The van der Waals surface area contributed by atoms with Crippen molar-refractivity contribution in [2.24, 2.45) is 5.92 Å². The van der Waals surface area contributed by atoms with Gasteiger partial charge in [0.25, 0.3) is 0 Å². The molecule has 0 aliphatic carbocycles. The molecule has 84 valence electrons. The Bertz CT molecular complexity index is 323. The van der Waals surface area contributed by atoms with Crippen LogP contribution < -0.4 is 5.73 Å². The van der Waals surface area contributed by atoms with E-state index >= 15 is 0 Å².